The van der Waals surface area contributed by atoms with Crippen LogP contribution in [0, 0.1) is 6.92 Å². The van der Waals surface area contributed by atoms with Crippen LogP contribution >= 0.6 is 0 Å². The predicted molar refractivity (Wildman–Crippen MR) is 201 cm³/mol. The van der Waals surface area contributed by atoms with Crippen molar-refractivity contribution in [2.24, 2.45) is 0 Å². The fraction of sp³-hybridized carbons (Fsp3) is 0.537. The quantitative estimate of drug-likeness (QED) is 0.101. The van der Waals surface area contributed by atoms with Crippen LogP contribution in [0.1, 0.15) is 80.0 Å². The molecule has 1 aromatic heterocycles. The monoisotopic (exact) mass is 732 g/mol. The molecule has 288 valence electrons. The average Bonchev–Trinajstić information content (AvgIpc) is 4.11. The molecule has 6 N–H and O–H groups in total. The van der Waals surface area contributed by atoms with Gasteiger partial charge in [0.1, 0.15) is 30.2 Å². The van der Waals surface area contributed by atoms with Crippen molar-refractivity contribution in [3.63, 3.8) is 0 Å². The molecule has 53 heavy (non-hydrogen) atoms. The summed E-state index contributed by atoms with van der Waals surface area (Å²) in [7, 11) is 3.10. The Hall–Kier alpha value is -3.91. The van der Waals surface area contributed by atoms with Crippen molar-refractivity contribution < 1.29 is 39.9 Å². The number of aliphatic hydroxyl groups excluding tert-OH is 5. The molecule has 3 aromatic rings. The Balaban J connectivity index is 1.20. The first-order chi connectivity index (χ1) is 25.3. The number of nitrogens with zero attached hydrogens (tertiary/aromatic N) is 3. The van der Waals surface area contributed by atoms with Gasteiger partial charge in [0.05, 0.1) is 19.3 Å². The van der Waals surface area contributed by atoms with Crippen LogP contribution in [0.2, 0.25) is 0 Å². The number of carbonyl (C=O) groups is 2. The van der Waals surface area contributed by atoms with Gasteiger partial charge in [-0.15, -0.1) is 0 Å². The highest BCUT2D eigenvalue weighted by Gasteiger charge is 2.46. The van der Waals surface area contributed by atoms with Crippen LogP contribution in [-0.4, -0.2) is 116 Å². The van der Waals surface area contributed by atoms with E-state index in [-0.39, 0.29) is 36.2 Å². The van der Waals surface area contributed by atoms with Crippen LogP contribution in [0.25, 0.3) is 11.1 Å². The molecule has 2 aliphatic rings. The van der Waals surface area contributed by atoms with E-state index < -0.39 is 37.6 Å². The minimum absolute atomic E-state index is 0.112. The zero-order chi connectivity index (χ0) is 38.3. The van der Waals surface area contributed by atoms with E-state index in [1.165, 1.54) is 21.6 Å². The Labute approximate surface area is 312 Å². The van der Waals surface area contributed by atoms with Gasteiger partial charge >= 0.3 is 0 Å². The minimum atomic E-state index is -1.84. The molecule has 2 aliphatic carbocycles. The number of aliphatic hydroxyl groups is 5. The highest BCUT2D eigenvalue weighted by Crippen LogP contribution is 2.50. The number of amides is 2. The van der Waals surface area contributed by atoms with Crippen LogP contribution in [0.15, 0.2) is 60.9 Å². The van der Waals surface area contributed by atoms with Crippen LogP contribution in [0.3, 0.4) is 0 Å². The third kappa shape index (κ3) is 10.4. The van der Waals surface area contributed by atoms with Crippen molar-refractivity contribution in [3.8, 4) is 16.9 Å². The summed E-state index contributed by atoms with van der Waals surface area (Å²) >= 11 is 0. The molecule has 12 nitrogen and oxygen atoms in total. The number of aryl methyl sites for hydroxylation is 1. The molecule has 2 saturated carbocycles. The molecule has 5 rings (SSSR count). The van der Waals surface area contributed by atoms with Crippen molar-refractivity contribution in [2.75, 3.05) is 33.8 Å². The molecular formula is C41H56N4O8. The lowest BCUT2D eigenvalue weighted by Gasteiger charge is -2.31. The number of likely N-dealkylation sites (N-methyl/N-ethyl adjacent to an activating group) is 1. The summed E-state index contributed by atoms with van der Waals surface area (Å²) < 4.78 is 6.28. The molecule has 12 heteroatoms. The van der Waals surface area contributed by atoms with Crippen LogP contribution in [0.4, 0.5) is 0 Å². The number of aromatic nitrogens is 1. The zero-order valence-electron chi connectivity index (χ0n) is 31.3. The number of nitrogens with one attached hydrogen (secondary N) is 1. The Morgan fingerprint density at radius 2 is 1.70 bits per heavy atom. The number of carbonyl (C=O) groups excluding carboxylic acids is 2. The SMILES string of the molecule is Cc1ccc(C(C)CCCC(=O)N(CC(=O)N(C)C)CC(O)C(O)C(O)C(O)CO)cc1CNC1(c2cnccc2-c2ccccc2OC2CC2)CC1. The van der Waals surface area contributed by atoms with Crippen molar-refractivity contribution in [1.29, 1.82) is 0 Å². The lowest BCUT2D eigenvalue weighted by Crippen LogP contribution is -2.52. The summed E-state index contributed by atoms with van der Waals surface area (Å²) in [5.74, 6) is 0.309. The Kier molecular flexibility index (Phi) is 13.6. The number of hydrogen-bond acceptors (Lipinski definition) is 10. The summed E-state index contributed by atoms with van der Waals surface area (Å²) in [6.45, 7) is 3.36. The van der Waals surface area contributed by atoms with E-state index in [1.54, 1.807) is 14.1 Å². The number of benzene rings is 2. The van der Waals surface area contributed by atoms with E-state index in [0.29, 0.717) is 25.5 Å². The first-order valence-corrected chi connectivity index (χ1v) is 18.7. The second-order valence-corrected chi connectivity index (χ2v) is 15.0. The normalized spacial score (nSPS) is 17.7. The summed E-state index contributed by atoms with van der Waals surface area (Å²) in [6, 6.07) is 16.8. The first-order valence-electron chi connectivity index (χ1n) is 18.7. The van der Waals surface area contributed by atoms with Gasteiger partial charge in [-0.1, -0.05) is 43.3 Å². The van der Waals surface area contributed by atoms with Crippen molar-refractivity contribution in [1.82, 2.24) is 20.1 Å². The number of para-hydroxylation sites is 1. The summed E-state index contributed by atoms with van der Waals surface area (Å²) in [6.07, 6.45) is 2.70. The molecular weight excluding hydrogens is 676 g/mol. The van der Waals surface area contributed by atoms with Crippen molar-refractivity contribution in [3.05, 3.63) is 83.2 Å². The maximum Gasteiger partial charge on any atom is 0.241 e. The number of rotatable bonds is 20. The maximum atomic E-state index is 13.3. The molecule has 2 aromatic carbocycles. The van der Waals surface area contributed by atoms with Crippen molar-refractivity contribution >= 4 is 11.8 Å². The van der Waals surface area contributed by atoms with E-state index >= 15 is 0 Å². The van der Waals surface area contributed by atoms with Crippen LogP contribution in [-0.2, 0) is 21.7 Å². The molecule has 1 heterocycles. The average molecular weight is 733 g/mol. The molecule has 2 amide bonds. The summed E-state index contributed by atoms with van der Waals surface area (Å²) in [4.78, 5) is 32.8. The van der Waals surface area contributed by atoms with Gasteiger partial charge in [0.2, 0.25) is 11.8 Å². The third-order valence-electron chi connectivity index (χ3n) is 10.6. The molecule has 2 fully saturated rings. The second kappa shape index (κ2) is 17.9. The lowest BCUT2D eigenvalue weighted by atomic mass is 9.91. The standard InChI is InChI=1S/C41H56N4O8/c1-26(8-7-11-37(49)45(24-38(50)44(3)4)23-34(47)39(51)40(52)35(48)25-46)28-13-12-27(2)29(20-28)21-43-41(17-18-41)33-22-42-19-16-31(33)32-9-5-6-10-36(32)53-30-14-15-30/h5-6,9-10,12-13,16,19-20,22,26,30,34-35,39-40,43,46-48,51-52H,7-8,11,14-15,17-18,21,23-25H2,1-4H3. The van der Waals surface area contributed by atoms with Gasteiger partial charge in [-0.05, 0) is 91.3 Å². The van der Waals surface area contributed by atoms with E-state index in [4.69, 9.17) is 9.84 Å². The Bertz CT molecular complexity index is 1690. The van der Waals surface area contributed by atoms with Crippen LogP contribution < -0.4 is 10.1 Å². The van der Waals surface area contributed by atoms with Gasteiger partial charge in [-0.2, -0.15) is 0 Å². The molecule has 0 saturated heterocycles. The van der Waals surface area contributed by atoms with E-state index in [2.05, 4.69) is 66.6 Å². The minimum Gasteiger partial charge on any atom is -0.490 e. The highest BCUT2D eigenvalue weighted by atomic mass is 16.5. The molecule has 5 atom stereocenters. The lowest BCUT2D eigenvalue weighted by molar-refractivity contribution is -0.145. The van der Waals surface area contributed by atoms with E-state index in [0.717, 1.165) is 53.0 Å². The molecule has 5 unspecified atom stereocenters. The molecule has 0 bridgehead atoms. The second-order valence-electron chi connectivity index (χ2n) is 15.0. The van der Waals surface area contributed by atoms with E-state index in [1.807, 2.05) is 18.5 Å². The Morgan fingerprint density at radius 1 is 0.981 bits per heavy atom. The van der Waals surface area contributed by atoms with Gasteiger partial charge in [-0.3, -0.25) is 14.6 Å². The van der Waals surface area contributed by atoms with Gasteiger partial charge < -0.3 is 45.4 Å². The fourth-order valence-corrected chi connectivity index (χ4v) is 6.63. The van der Waals surface area contributed by atoms with E-state index in [9.17, 15) is 30.0 Å². The van der Waals surface area contributed by atoms with Crippen LogP contribution in [0.5, 0.6) is 5.75 Å². The largest absolute Gasteiger partial charge is 0.490 e. The first kappa shape index (κ1) is 40.3. The maximum absolute atomic E-state index is 13.3. The van der Waals surface area contributed by atoms with Gasteiger partial charge in [0, 0.05) is 57.1 Å². The van der Waals surface area contributed by atoms with Gasteiger partial charge in [0.25, 0.3) is 0 Å². The number of hydrogen-bond donors (Lipinski definition) is 6. The predicted octanol–water partition coefficient (Wildman–Crippen LogP) is 3.00. The topological polar surface area (TPSA) is 176 Å². The van der Waals surface area contributed by atoms with Gasteiger partial charge in [-0.25, -0.2) is 0 Å². The third-order valence-corrected chi connectivity index (χ3v) is 10.6. The summed E-state index contributed by atoms with van der Waals surface area (Å²) in [5, 5.41) is 53.5. The molecule has 0 radical (unpaired) electrons. The zero-order valence-corrected chi connectivity index (χ0v) is 31.3. The highest BCUT2D eigenvalue weighted by molar-refractivity contribution is 5.84. The molecule has 0 aliphatic heterocycles. The number of pyridine rings is 1. The summed E-state index contributed by atoms with van der Waals surface area (Å²) in [5.41, 5.74) is 6.79. The Morgan fingerprint density at radius 3 is 2.38 bits per heavy atom. The molecule has 0 spiro atoms. The van der Waals surface area contributed by atoms with Crippen molar-refractivity contribution in [2.45, 2.75) is 107 Å². The van der Waals surface area contributed by atoms with Gasteiger partial charge in [0.15, 0.2) is 0 Å². The number of ether oxygens (including phenoxy) is 1. The smallest absolute Gasteiger partial charge is 0.241 e. The fourth-order valence-electron chi connectivity index (χ4n) is 6.63.